The number of nitrogens with one attached hydrogen (secondary N) is 1. The number of hydrogen-bond donors (Lipinski definition) is 1. The fourth-order valence-corrected chi connectivity index (χ4v) is 2.76. The van der Waals surface area contributed by atoms with E-state index in [1.807, 2.05) is 36.5 Å². The second kappa shape index (κ2) is 8.24. The molecule has 2 aromatic heterocycles. The summed E-state index contributed by atoms with van der Waals surface area (Å²) < 4.78 is 2.20. The SMILES string of the molecule is Cc1cnc(CCNC(=O)Cc2cccnc2)n1Cc1ccccc1. The molecule has 1 amide bonds. The van der Waals surface area contributed by atoms with E-state index in [4.69, 9.17) is 0 Å². The summed E-state index contributed by atoms with van der Waals surface area (Å²) in [6.45, 7) is 3.43. The van der Waals surface area contributed by atoms with Gasteiger partial charge in [0, 0.05) is 43.8 Å². The minimum atomic E-state index is 0.00545. The molecule has 3 aromatic rings. The number of hydrogen-bond acceptors (Lipinski definition) is 3. The monoisotopic (exact) mass is 334 g/mol. The number of imidazole rings is 1. The smallest absolute Gasteiger partial charge is 0.224 e. The van der Waals surface area contributed by atoms with Crippen LogP contribution in [0.15, 0.2) is 61.1 Å². The van der Waals surface area contributed by atoms with E-state index in [0.717, 1.165) is 23.6 Å². The van der Waals surface area contributed by atoms with Gasteiger partial charge in [-0.05, 0) is 24.1 Å². The fourth-order valence-electron chi connectivity index (χ4n) is 2.76. The fraction of sp³-hybridized carbons (Fsp3) is 0.250. The first-order chi connectivity index (χ1) is 12.2. The number of rotatable bonds is 7. The Morgan fingerprint density at radius 2 is 1.88 bits per heavy atom. The van der Waals surface area contributed by atoms with Crippen LogP contribution in [0.25, 0.3) is 0 Å². The molecule has 0 spiro atoms. The molecule has 25 heavy (non-hydrogen) atoms. The zero-order chi connectivity index (χ0) is 17.5. The summed E-state index contributed by atoms with van der Waals surface area (Å²) in [6.07, 6.45) is 6.37. The largest absolute Gasteiger partial charge is 0.355 e. The van der Waals surface area contributed by atoms with Crippen molar-refractivity contribution in [1.82, 2.24) is 19.9 Å². The van der Waals surface area contributed by atoms with E-state index in [1.54, 1.807) is 12.4 Å². The van der Waals surface area contributed by atoms with Gasteiger partial charge in [0.15, 0.2) is 0 Å². The highest BCUT2D eigenvalue weighted by Gasteiger charge is 2.09. The van der Waals surface area contributed by atoms with Crippen LogP contribution in [-0.2, 0) is 24.2 Å². The summed E-state index contributed by atoms with van der Waals surface area (Å²) >= 11 is 0. The Morgan fingerprint density at radius 3 is 2.64 bits per heavy atom. The topological polar surface area (TPSA) is 59.8 Å². The van der Waals surface area contributed by atoms with Crippen LogP contribution in [0.2, 0.25) is 0 Å². The van der Waals surface area contributed by atoms with Crippen LogP contribution in [0, 0.1) is 6.92 Å². The highest BCUT2D eigenvalue weighted by atomic mass is 16.1. The molecule has 0 aliphatic carbocycles. The van der Waals surface area contributed by atoms with Crippen molar-refractivity contribution in [3.8, 4) is 0 Å². The summed E-state index contributed by atoms with van der Waals surface area (Å²) in [5.74, 6) is 0.994. The number of aryl methyl sites for hydroxylation is 1. The Hall–Kier alpha value is -2.95. The van der Waals surface area contributed by atoms with Crippen LogP contribution in [0.3, 0.4) is 0 Å². The van der Waals surface area contributed by atoms with Gasteiger partial charge in [-0.15, -0.1) is 0 Å². The molecule has 1 N–H and O–H groups in total. The predicted octanol–water partition coefficient (Wildman–Crippen LogP) is 2.54. The van der Waals surface area contributed by atoms with E-state index in [9.17, 15) is 4.79 Å². The van der Waals surface area contributed by atoms with Crippen molar-refractivity contribution in [1.29, 1.82) is 0 Å². The minimum Gasteiger partial charge on any atom is -0.355 e. The number of pyridine rings is 1. The maximum Gasteiger partial charge on any atom is 0.224 e. The van der Waals surface area contributed by atoms with Gasteiger partial charge in [0.2, 0.25) is 5.91 Å². The van der Waals surface area contributed by atoms with E-state index in [-0.39, 0.29) is 5.91 Å². The highest BCUT2D eigenvalue weighted by molar-refractivity contribution is 5.78. The molecule has 0 bridgehead atoms. The summed E-state index contributed by atoms with van der Waals surface area (Å²) in [5.41, 5.74) is 3.28. The highest BCUT2D eigenvalue weighted by Crippen LogP contribution is 2.10. The van der Waals surface area contributed by atoms with Crippen molar-refractivity contribution in [2.75, 3.05) is 6.54 Å². The Morgan fingerprint density at radius 1 is 1.08 bits per heavy atom. The predicted molar refractivity (Wildman–Crippen MR) is 97.2 cm³/mol. The van der Waals surface area contributed by atoms with E-state index in [1.165, 1.54) is 5.56 Å². The van der Waals surface area contributed by atoms with Crippen molar-refractivity contribution >= 4 is 5.91 Å². The molecule has 128 valence electrons. The molecule has 0 radical (unpaired) electrons. The van der Waals surface area contributed by atoms with Crippen LogP contribution in [0.4, 0.5) is 0 Å². The standard InChI is InChI=1S/C20H22N4O/c1-16-13-23-19(24(16)15-17-6-3-2-4-7-17)9-11-22-20(25)12-18-8-5-10-21-14-18/h2-8,10,13-14H,9,11-12,15H2,1H3,(H,22,25). The second-order valence-corrected chi connectivity index (χ2v) is 6.03. The molecular weight excluding hydrogens is 312 g/mol. The lowest BCUT2D eigenvalue weighted by Crippen LogP contribution is -2.28. The third-order valence-corrected chi connectivity index (χ3v) is 4.08. The van der Waals surface area contributed by atoms with Crippen LogP contribution in [0.1, 0.15) is 22.6 Å². The Kier molecular flexibility index (Phi) is 5.57. The molecule has 0 atom stereocenters. The molecule has 3 rings (SSSR count). The van der Waals surface area contributed by atoms with Crippen LogP contribution in [0.5, 0.6) is 0 Å². The van der Waals surface area contributed by atoms with Gasteiger partial charge in [-0.3, -0.25) is 9.78 Å². The van der Waals surface area contributed by atoms with Gasteiger partial charge in [0.05, 0.1) is 6.42 Å². The summed E-state index contributed by atoms with van der Waals surface area (Å²) in [4.78, 5) is 20.5. The summed E-state index contributed by atoms with van der Waals surface area (Å²) in [5, 5.41) is 2.96. The number of nitrogens with zero attached hydrogens (tertiary/aromatic N) is 3. The molecular formula is C20H22N4O. The first kappa shape index (κ1) is 16.9. The second-order valence-electron chi connectivity index (χ2n) is 6.03. The van der Waals surface area contributed by atoms with Gasteiger partial charge >= 0.3 is 0 Å². The van der Waals surface area contributed by atoms with Gasteiger partial charge in [-0.2, -0.15) is 0 Å². The molecule has 0 aliphatic rings. The molecule has 5 heteroatoms. The third-order valence-electron chi connectivity index (χ3n) is 4.08. The Balaban J connectivity index is 1.54. The maximum absolute atomic E-state index is 12.0. The van der Waals surface area contributed by atoms with Crippen molar-refractivity contribution in [3.05, 3.63) is 83.7 Å². The molecule has 0 saturated carbocycles. The number of carbonyl (C=O) groups is 1. The first-order valence-corrected chi connectivity index (χ1v) is 8.43. The van der Waals surface area contributed by atoms with E-state index >= 15 is 0 Å². The molecule has 1 aromatic carbocycles. The maximum atomic E-state index is 12.0. The summed E-state index contributed by atoms with van der Waals surface area (Å²) in [6, 6.07) is 14.1. The number of benzene rings is 1. The van der Waals surface area contributed by atoms with Gasteiger partial charge < -0.3 is 9.88 Å². The minimum absolute atomic E-state index is 0.00545. The van der Waals surface area contributed by atoms with Gasteiger partial charge in [0.25, 0.3) is 0 Å². The van der Waals surface area contributed by atoms with Crippen molar-refractivity contribution < 1.29 is 4.79 Å². The lowest BCUT2D eigenvalue weighted by atomic mass is 10.2. The zero-order valence-electron chi connectivity index (χ0n) is 14.4. The van der Waals surface area contributed by atoms with Crippen LogP contribution in [-0.4, -0.2) is 27.0 Å². The van der Waals surface area contributed by atoms with Gasteiger partial charge in [-0.25, -0.2) is 4.98 Å². The van der Waals surface area contributed by atoms with Crippen LogP contribution >= 0.6 is 0 Å². The lowest BCUT2D eigenvalue weighted by molar-refractivity contribution is -0.120. The number of amides is 1. The van der Waals surface area contributed by atoms with E-state index in [2.05, 4.69) is 38.9 Å². The third kappa shape index (κ3) is 4.76. The molecule has 0 fully saturated rings. The van der Waals surface area contributed by atoms with E-state index in [0.29, 0.717) is 19.4 Å². The zero-order valence-corrected chi connectivity index (χ0v) is 14.4. The number of aromatic nitrogens is 3. The van der Waals surface area contributed by atoms with E-state index < -0.39 is 0 Å². The van der Waals surface area contributed by atoms with Crippen molar-refractivity contribution in [3.63, 3.8) is 0 Å². The summed E-state index contributed by atoms with van der Waals surface area (Å²) in [7, 11) is 0. The van der Waals surface area contributed by atoms with Crippen molar-refractivity contribution in [2.45, 2.75) is 26.3 Å². The molecule has 0 saturated heterocycles. The number of carbonyl (C=O) groups excluding carboxylic acids is 1. The molecule has 2 heterocycles. The normalized spacial score (nSPS) is 10.6. The quantitative estimate of drug-likeness (QED) is 0.722. The Labute approximate surface area is 147 Å². The van der Waals surface area contributed by atoms with Crippen LogP contribution < -0.4 is 5.32 Å². The van der Waals surface area contributed by atoms with Gasteiger partial charge in [0.1, 0.15) is 5.82 Å². The molecule has 5 nitrogen and oxygen atoms in total. The van der Waals surface area contributed by atoms with Gasteiger partial charge in [-0.1, -0.05) is 36.4 Å². The molecule has 0 unspecified atom stereocenters. The molecule has 0 aliphatic heterocycles. The first-order valence-electron chi connectivity index (χ1n) is 8.43. The average Bonchev–Trinajstić information content (AvgIpc) is 2.97. The van der Waals surface area contributed by atoms with Crippen molar-refractivity contribution in [2.24, 2.45) is 0 Å². The Bertz CT molecular complexity index is 812. The lowest BCUT2D eigenvalue weighted by Gasteiger charge is -2.11. The average molecular weight is 334 g/mol.